The van der Waals surface area contributed by atoms with Crippen LogP contribution in [0.4, 0.5) is 0 Å². The van der Waals surface area contributed by atoms with E-state index in [-0.39, 0.29) is 24.4 Å². The van der Waals surface area contributed by atoms with Crippen LogP contribution in [-0.4, -0.2) is 46.8 Å². The molecule has 2 rings (SSSR count). The van der Waals surface area contributed by atoms with Crippen LogP contribution < -0.4 is 10.5 Å². The number of halogens is 1. The van der Waals surface area contributed by atoms with Crippen LogP contribution in [0.3, 0.4) is 0 Å². The van der Waals surface area contributed by atoms with Crippen LogP contribution in [0.1, 0.15) is 44.1 Å². The van der Waals surface area contributed by atoms with Crippen LogP contribution in [0.15, 0.2) is 36.5 Å². The summed E-state index contributed by atoms with van der Waals surface area (Å²) in [7, 11) is 1.78. The molecule has 2 aromatic rings. The summed E-state index contributed by atoms with van der Waals surface area (Å²) < 4.78 is 7.45. The van der Waals surface area contributed by atoms with Crippen molar-refractivity contribution in [3.05, 3.63) is 42.2 Å². The Hall–Kier alpha value is -2.05. The lowest BCUT2D eigenvalue weighted by atomic mass is 10.0. The van der Waals surface area contributed by atoms with Gasteiger partial charge in [-0.05, 0) is 30.9 Å². The maximum absolute atomic E-state index is 12.9. The van der Waals surface area contributed by atoms with Crippen LogP contribution >= 0.6 is 12.4 Å². The van der Waals surface area contributed by atoms with E-state index in [2.05, 4.69) is 18.9 Å². The Morgan fingerprint density at radius 2 is 1.96 bits per heavy atom. The minimum absolute atomic E-state index is 0. The van der Waals surface area contributed by atoms with Crippen molar-refractivity contribution in [1.29, 1.82) is 0 Å². The Balaban J connectivity index is 0.00000364. The third kappa shape index (κ3) is 6.26. The van der Waals surface area contributed by atoms with Crippen molar-refractivity contribution in [2.24, 2.45) is 11.7 Å². The van der Waals surface area contributed by atoms with Gasteiger partial charge in [-0.15, -0.1) is 12.4 Å². The van der Waals surface area contributed by atoms with E-state index in [0.29, 0.717) is 30.5 Å². The minimum Gasteiger partial charge on any atom is -0.489 e. The number of carbonyl (C=O) groups is 1. The summed E-state index contributed by atoms with van der Waals surface area (Å²) in [5.41, 5.74) is 7.32. The molecule has 1 heterocycles. The Kier molecular flexibility index (Phi) is 9.32. The highest BCUT2D eigenvalue weighted by Crippen LogP contribution is 2.22. The molecule has 1 aromatic carbocycles. The summed E-state index contributed by atoms with van der Waals surface area (Å²) in [6.45, 7) is 7.34. The van der Waals surface area contributed by atoms with E-state index >= 15 is 0 Å². The number of aromatic nitrogens is 2. The fourth-order valence-electron chi connectivity index (χ4n) is 2.50. The zero-order valence-electron chi connectivity index (χ0n) is 16.6. The van der Waals surface area contributed by atoms with Gasteiger partial charge in [0.05, 0.1) is 18.5 Å². The summed E-state index contributed by atoms with van der Waals surface area (Å²) in [5.74, 6) is 0.752. The molecule has 0 fully saturated rings. The second kappa shape index (κ2) is 10.9. The van der Waals surface area contributed by atoms with Crippen molar-refractivity contribution in [2.45, 2.75) is 39.7 Å². The summed E-state index contributed by atoms with van der Waals surface area (Å²) >= 11 is 0. The summed E-state index contributed by atoms with van der Waals surface area (Å²) in [5, 5.41) is 4.49. The van der Waals surface area contributed by atoms with Crippen LogP contribution in [-0.2, 0) is 0 Å². The van der Waals surface area contributed by atoms with Gasteiger partial charge in [-0.2, -0.15) is 5.10 Å². The fraction of sp³-hybridized carbons (Fsp3) is 0.500. The molecule has 150 valence electrons. The molecular formula is C20H31ClN4O2. The van der Waals surface area contributed by atoms with Gasteiger partial charge in [-0.25, -0.2) is 4.68 Å². The van der Waals surface area contributed by atoms with Crippen molar-refractivity contribution in [3.8, 4) is 11.4 Å². The number of hydrogen-bond donors (Lipinski definition) is 1. The molecule has 0 saturated heterocycles. The molecule has 7 heteroatoms. The van der Waals surface area contributed by atoms with Gasteiger partial charge >= 0.3 is 0 Å². The van der Waals surface area contributed by atoms with Crippen molar-refractivity contribution in [2.75, 3.05) is 20.2 Å². The van der Waals surface area contributed by atoms with E-state index < -0.39 is 0 Å². The van der Waals surface area contributed by atoms with Crippen molar-refractivity contribution < 1.29 is 9.53 Å². The topological polar surface area (TPSA) is 73.4 Å². The molecular weight excluding hydrogens is 364 g/mol. The van der Waals surface area contributed by atoms with E-state index in [1.54, 1.807) is 22.8 Å². The lowest BCUT2D eigenvalue weighted by Crippen LogP contribution is -2.35. The molecule has 0 radical (unpaired) electrons. The van der Waals surface area contributed by atoms with Crippen LogP contribution in [0, 0.1) is 5.92 Å². The highest BCUT2D eigenvalue weighted by molar-refractivity contribution is 5.94. The lowest BCUT2D eigenvalue weighted by Gasteiger charge is -2.21. The van der Waals surface area contributed by atoms with Crippen LogP contribution in [0.25, 0.3) is 5.69 Å². The molecule has 1 atom stereocenters. The van der Waals surface area contributed by atoms with Crippen LogP contribution in [0.5, 0.6) is 5.75 Å². The normalized spacial score (nSPS) is 11.8. The first-order chi connectivity index (χ1) is 12.4. The molecule has 0 bridgehead atoms. The van der Waals surface area contributed by atoms with Gasteiger partial charge in [0, 0.05) is 19.6 Å². The number of nitrogens with two attached hydrogens (primary N) is 1. The molecule has 1 unspecified atom stereocenters. The van der Waals surface area contributed by atoms with Gasteiger partial charge in [-0.3, -0.25) is 4.79 Å². The summed E-state index contributed by atoms with van der Waals surface area (Å²) in [6.07, 6.45) is 3.39. The predicted octanol–water partition coefficient (Wildman–Crippen LogP) is 3.53. The van der Waals surface area contributed by atoms with Gasteiger partial charge in [-0.1, -0.05) is 39.0 Å². The van der Waals surface area contributed by atoms with Crippen molar-refractivity contribution >= 4 is 18.3 Å². The number of amides is 1. The molecule has 0 aliphatic heterocycles. The Morgan fingerprint density at radius 3 is 2.56 bits per heavy atom. The molecule has 0 saturated carbocycles. The van der Waals surface area contributed by atoms with E-state index in [9.17, 15) is 4.79 Å². The number of para-hydroxylation sites is 1. The largest absolute Gasteiger partial charge is 0.489 e. The first kappa shape index (κ1) is 23.0. The monoisotopic (exact) mass is 394 g/mol. The first-order valence-electron chi connectivity index (χ1n) is 9.23. The van der Waals surface area contributed by atoms with E-state index in [0.717, 1.165) is 18.5 Å². The maximum atomic E-state index is 12.9. The van der Waals surface area contributed by atoms with Gasteiger partial charge in [0.25, 0.3) is 5.91 Å². The zero-order chi connectivity index (χ0) is 19.1. The molecule has 0 aliphatic rings. The maximum Gasteiger partial charge on any atom is 0.277 e. The average Bonchev–Trinajstić information content (AvgIpc) is 3.08. The summed E-state index contributed by atoms with van der Waals surface area (Å²) in [4.78, 5) is 14.6. The van der Waals surface area contributed by atoms with E-state index in [4.69, 9.17) is 10.5 Å². The number of carbonyl (C=O) groups excluding carboxylic acids is 1. The van der Waals surface area contributed by atoms with E-state index in [1.807, 2.05) is 37.3 Å². The molecule has 1 aromatic heterocycles. The Bertz CT molecular complexity index is 703. The third-order valence-electron chi connectivity index (χ3n) is 4.37. The zero-order valence-corrected chi connectivity index (χ0v) is 17.4. The molecule has 2 N–H and O–H groups in total. The standard InChI is InChI=1S/C20H30N4O2.ClH/c1-5-13-26-18-14-24(16-9-7-6-8-10-16)22-19(18)20(25)23(4)12-11-17(21)15(2)3;/h6-10,14-15,17H,5,11-13,21H2,1-4H3;1H. The van der Waals surface area contributed by atoms with Crippen molar-refractivity contribution in [1.82, 2.24) is 14.7 Å². The van der Waals surface area contributed by atoms with Gasteiger partial charge < -0.3 is 15.4 Å². The minimum atomic E-state index is -0.151. The summed E-state index contributed by atoms with van der Waals surface area (Å²) in [6, 6.07) is 9.77. The Labute approximate surface area is 168 Å². The Morgan fingerprint density at radius 1 is 1.30 bits per heavy atom. The molecule has 0 spiro atoms. The second-order valence-electron chi connectivity index (χ2n) is 6.89. The molecule has 27 heavy (non-hydrogen) atoms. The quantitative estimate of drug-likeness (QED) is 0.706. The van der Waals surface area contributed by atoms with Gasteiger partial charge in [0.15, 0.2) is 11.4 Å². The highest BCUT2D eigenvalue weighted by atomic mass is 35.5. The number of ether oxygens (including phenoxy) is 1. The lowest BCUT2D eigenvalue weighted by molar-refractivity contribution is 0.0778. The van der Waals surface area contributed by atoms with Gasteiger partial charge in [0.2, 0.25) is 0 Å². The molecule has 1 amide bonds. The number of benzene rings is 1. The predicted molar refractivity (Wildman–Crippen MR) is 111 cm³/mol. The van der Waals surface area contributed by atoms with Gasteiger partial charge in [0.1, 0.15) is 0 Å². The number of rotatable bonds is 9. The highest BCUT2D eigenvalue weighted by Gasteiger charge is 2.23. The first-order valence-corrected chi connectivity index (χ1v) is 9.23. The third-order valence-corrected chi connectivity index (χ3v) is 4.37. The molecule has 6 nitrogen and oxygen atoms in total. The average molecular weight is 395 g/mol. The second-order valence-corrected chi connectivity index (χ2v) is 6.89. The molecule has 0 aliphatic carbocycles. The SMILES string of the molecule is CCCOc1cn(-c2ccccc2)nc1C(=O)N(C)CCC(N)C(C)C.Cl. The van der Waals surface area contributed by atoms with Crippen LogP contribution in [0.2, 0.25) is 0 Å². The van der Waals surface area contributed by atoms with Crippen molar-refractivity contribution in [3.63, 3.8) is 0 Å². The number of nitrogens with zero attached hydrogens (tertiary/aromatic N) is 3. The number of hydrogen-bond acceptors (Lipinski definition) is 4. The smallest absolute Gasteiger partial charge is 0.277 e. The fourth-order valence-corrected chi connectivity index (χ4v) is 2.50. The van der Waals surface area contributed by atoms with E-state index in [1.165, 1.54) is 0 Å².